The van der Waals surface area contributed by atoms with Gasteiger partial charge < -0.3 is 14.9 Å². The molecule has 1 heterocycles. The summed E-state index contributed by atoms with van der Waals surface area (Å²) in [4.78, 5) is 0. The smallest absolute Gasteiger partial charge is 0.273 e. The Labute approximate surface area is 119 Å². The molecule has 0 aromatic carbocycles. The van der Waals surface area contributed by atoms with Gasteiger partial charge in [-0.2, -0.15) is 0 Å². The third-order valence-electron chi connectivity index (χ3n) is 4.87. The van der Waals surface area contributed by atoms with Crippen LogP contribution in [0.15, 0.2) is 0 Å². The van der Waals surface area contributed by atoms with Crippen LogP contribution in [0.1, 0.15) is 58.3 Å². The Morgan fingerprint density at radius 1 is 1.35 bits per heavy atom. The summed E-state index contributed by atoms with van der Waals surface area (Å²) in [5.74, 6) is -2.39. The summed E-state index contributed by atoms with van der Waals surface area (Å²) in [6.07, 6.45) is 1.98. The molecular formula is C15H26F2O3. The molecule has 5 heteroatoms. The largest absolute Gasteiger partial charge is 0.387 e. The lowest BCUT2D eigenvalue weighted by atomic mass is 9.87. The SMILES string of the molecule is CCCCC(F)(F)C(O)CC[C@H]1CC[C@@H]2OC(O)C[C@H]12. The first kappa shape index (κ1) is 16.1. The third-order valence-corrected chi connectivity index (χ3v) is 4.87. The lowest BCUT2D eigenvalue weighted by Gasteiger charge is -2.24. The molecule has 2 unspecified atom stereocenters. The van der Waals surface area contributed by atoms with Gasteiger partial charge in [0.05, 0.1) is 6.10 Å². The second-order valence-electron chi connectivity index (χ2n) is 6.32. The normalized spacial score (nSPS) is 35.2. The molecule has 0 aromatic rings. The molecule has 2 aliphatic rings. The van der Waals surface area contributed by atoms with Crippen LogP contribution in [0, 0.1) is 11.8 Å². The van der Waals surface area contributed by atoms with E-state index in [1.807, 2.05) is 6.92 Å². The highest BCUT2D eigenvalue weighted by Gasteiger charge is 2.45. The van der Waals surface area contributed by atoms with Crippen molar-refractivity contribution in [3.8, 4) is 0 Å². The van der Waals surface area contributed by atoms with Gasteiger partial charge in [-0.25, -0.2) is 8.78 Å². The van der Waals surface area contributed by atoms with Crippen molar-refractivity contribution < 1.29 is 23.7 Å². The van der Waals surface area contributed by atoms with E-state index in [0.717, 1.165) is 12.8 Å². The first-order valence-corrected chi connectivity index (χ1v) is 7.83. The van der Waals surface area contributed by atoms with Crippen LogP contribution in [0.4, 0.5) is 8.78 Å². The number of rotatable bonds is 7. The van der Waals surface area contributed by atoms with Gasteiger partial charge in [0.1, 0.15) is 6.10 Å². The molecule has 20 heavy (non-hydrogen) atoms. The maximum atomic E-state index is 13.7. The minimum atomic E-state index is -2.97. The number of hydrogen-bond acceptors (Lipinski definition) is 3. The van der Waals surface area contributed by atoms with E-state index in [1.54, 1.807) is 0 Å². The van der Waals surface area contributed by atoms with Gasteiger partial charge in [0.25, 0.3) is 5.92 Å². The van der Waals surface area contributed by atoms with Crippen LogP contribution < -0.4 is 0 Å². The highest BCUT2D eigenvalue weighted by atomic mass is 19.3. The summed E-state index contributed by atoms with van der Waals surface area (Å²) in [6.45, 7) is 1.87. The molecule has 5 atom stereocenters. The Morgan fingerprint density at radius 2 is 2.10 bits per heavy atom. The number of unbranched alkanes of at least 4 members (excludes halogenated alkanes) is 1. The van der Waals surface area contributed by atoms with Gasteiger partial charge in [0.15, 0.2) is 6.29 Å². The van der Waals surface area contributed by atoms with Crippen LogP contribution in [-0.2, 0) is 4.74 Å². The molecule has 1 aliphatic heterocycles. The van der Waals surface area contributed by atoms with E-state index in [4.69, 9.17) is 4.74 Å². The number of fused-ring (bicyclic) bond motifs is 1. The zero-order chi connectivity index (χ0) is 14.8. The second kappa shape index (κ2) is 6.67. The second-order valence-corrected chi connectivity index (χ2v) is 6.32. The molecule has 0 bridgehead atoms. The molecule has 2 rings (SSSR count). The minimum Gasteiger partial charge on any atom is -0.387 e. The van der Waals surface area contributed by atoms with Gasteiger partial charge in [0.2, 0.25) is 0 Å². The predicted molar refractivity (Wildman–Crippen MR) is 71.4 cm³/mol. The summed E-state index contributed by atoms with van der Waals surface area (Å²) in [5.41, 5.74) is 0. The van der Waals surface area contributed by atoms with Crippen molar-refractivity contribution in [1.29, 1.82) is 0 Å². The first-order valence-electron chi connectivity index (χ1n) is 7.83. The average molecular weight is 292 g/mol. The van der Waals surface area contributed by atoms with E-state index < -0.39 is 18.3 Å². The molecule has 118 valence electrons. The van der Waals surface area contributed by atoms with Crippen molar-refractivity contribution in [2.45, 2.75) is 82.7 Å². The molecule has 2 fully saturated rings. The molecule has 1 saturated carbocycles. The van der Waals surface area contributed by atoms with Crippen molar-refractivity contribution in [3.63, 3.8) is 0 Å². The predicted octanol–water partition coefficient (Wildman–Crippen LogP) is 3.09. The van der Waals surface area contributed by atoms with Gasteiger partial charge in [0, 0.05) is 12.8 Å². The lowest BCUT2D eigenvalue weighted by molar-refractivity contribution is -0.118. The molecule has 1 aliphatic carbocycles. The molecule has 2 N–H and O–H groups in total. The summed E-state index contributed by atoms with van der Waals surface area (Å²) in [7, 11) is 0. The van der Waals surface area contributed by atoms with Crippen molar-refractivity contribution in [2.75, 3.05) is 0 Å². The summed E-state index contributed by atoms with van der Waals surface area (Å²) < 4.78 is 32.8. The van der Waals surface area contributed by atoms with Crippen molar-refractivity contribution in [1.82, 2.24) is 0 Å². The van der Waals surface area contributed by atoms with Gasteiger partial charge in [-0.1, -0.05) is 13.3 Å². The first-order chi connectivity index (χ1) is 9.44. The number of ether oxygens (including phenoxy) is 1. The third kappa shape index (κ3) is 3.68. The van der Waals surface area contributed by atoms with E-state index in [0.29, 0.717) is 31.6 Å². The fraction of sp³-hybridized carbons (Fsp3) is 1.00. The number of alkyl halides is 2. The Kier molecular flexibility index (Phi) is 5.37. The maximum absolute atomic E-state index is 13.7. The topological polar surface area (TPSA) is 49.7 Å². The molecular weight excluding hydrogens is 266 g/mol. The molecule has 0 spiro atoms. The number of hydrogen-bond donors (Lipinski definition) is 2. The van der Waals surface area contributed by atoms with Crippen molar-refractivity contribution in [2.24, 2.45) is 11.8 Å². The monoisotopic (exact) mass is 292 g/mol. The van der Waals surface area contributed by atoms with Gasteiger partial charge in [-0.05, 0) is 43.9 Å². The minimum absolute atomic E-state index is 0.0905. The van der Waals surface area contributed by atoms with E-state index in [2.05, 4.69) is 0 Å². The quantitative estimate of drug-likeness (QED) is 0.758. The van der Waals surface area contributed by atoms with Crippen LogP contribution in [-0.4, -0.2) is 34.6 Å². The number of halogens is 2. The van der Waals surface area contributed by atoms with Crippen LogP contribution in [0.5, 0.6) is 0 Å². The Hall–Kier alpha value is -0.260. The van der Waals surface area contributed by atoms with Crippen LogP contribution >= 0.6 is 0 Å². The molecule has 1 saturated heterocycles. The number of aliphatic hydroxyl groups excluding tert-OH is 2. The van der Waals surface area contributed by atoms with E-state index >= 15 is 0 Å². The van der Waals surface area contributed by atoms with Gasteiger partial charge in [-0.3, -0.25) is 0 Å². The average Bonchev–Trinajstić information content (AvgIpc) is 2.93. The standard InChI is InChI=1S/C15H26F2O3/c1-2-3-8-15(16,17)13(18)7-5-10-4-6-12-11(10)9-14(19)20-12/h10-14,18-19H,2-9H2,1H3/t10-,11-,12+,13?,14?/m1/s1. The molecule has 0 aromatic heterocycles. The lowest BCUT2D eigenvalue weighted by Crippen LogP contribution is -2.34. The van der Waals surface area contributed by atoms with Gasteiger partial charge >= 0.3 is 0 Å². The molecule has 0 radical (unpaired) electrons. The van der Waals surface area contributed by atoms with Crippen LogP contribution in [0.25, 0.3) is 0 Å². The summed E-state index contributed by atoms with van der Waals surface area (Å²) in [5, 5.41) is 19.2. The van der Waals surface area contributed by atoms with Crippen LogP contribution in [0.2, 0.25) is 0 Å². The highest BCUT2D eigenvalue weighted by molar-refractivity contribution is 4.91. The molecule has 0 amide bonds. The van der Waals surface area contributed by atoms with E-state index in [1.165, 1.54) is 0 Å². The van der Waals surface area contributed by atoms with Crippen molar-refractivity contribution >= 4 is 0 Å². The highest BCUT2D eigenvalue weighted by Crippen LogP contribution is 2.45. The van der Waals surface area contributed by atoms with Gasteiger partial charge in [-0.15, -0.1) is 0 Å². The van der Waals surface area contributed by atoms with Crippen LogP contribution in [0.3, 0.4) is 0 Å². The number of aliphatic hydroxyl groups is 2. The van der Waals surface area contributed by atoms with E-state index in [9.17, 15) is 19.0 Å². The maximum Gasteiger partial charge on any atom is 0.273 e. The Morgan fingerprint density at radius 3 is 2.80 bits per heavy atom. The van der Waals surface area contributed by atoms with Crippen molar-refractivity contribution in [3.05, 3.63) is 0 Å². The fourth-order valence-electron chi connectivity index (χ4n) is 3.63. The Bertz CT molecular complexity index is 311. The Balaban J connectivity index is 1.77. The summed E-state index contributed by atoms with van der Waals surface area (Å²) >= 11 is 0. The summed E-state index contributed by atoms with van der Waals surface area (Å²) in [6, 6.07) is 0. The molecule has 3 nitrogen and oxygen atoms in total. The zero-order valence-electron chi connectivity index (χ0n) is 12.1. The zero-order valence-corrected chi connectivity index (χ0v) is 12.1. The fourth-order valence-corrected chi connectivity index (χ4v) is 3.63. The van der Waals surface area contributed by atoms with E-state index in [-0.39, 0.29) is 24.9 Å².